The summed E-state index contributed by atoms with van der Waals surface area (Å²) in [5.74, 6) is 0. The summed E-state index contributed by atoms with van der Waals surface area (Å²) in [6.45, 7) is 0. The van der Waals surface area contributed by atoms with Gasteiger partial charge in [0.15, 0.2) is 0 Å². The molecular weight excluding hydrogens is 291 g/mol. The van der Waals surface area contributed by atoms with Gasteiger partial charge in [-0.2, -0.15) is 13.5 Å². The van der Waals surface area contributed by atoms with E-state index < -0.39 is 22.5 Å². The van der Waals surface area contributed by atoms with Crippen molar-refractivity contribution in [3.8, 4) is 0 Å². The van der Waals surface area contributed by atoms with E-state index in [1.54, 1.807) is 0 Å². The quantitative estimate of drug-likeness (QED) is 0.411. The maximum Gasteiger partial charge on any atom is 0.215 e. The van der Waals surface area contributed by atoms with E-state index in [2.05, 4.69) is 30.5 Å². The summed E-state index contributed by atoms with van der Waals surface area (Å²) in [4.78, 5) is 0. The van der Waals surface area contributed by atoms with Crippen LogP contribution in [0, 0.1) is 0 Å². The molecule has 12 heteroatoms. The van der Waals surface area contributed by atoms with Crippen molar-refractivity contribution in [3.05, 3.63) is 0 Å². The highest BCUT2D eigenvalue weighted by Crippen LogP contribution is 2.69. The first-order chi connectivity index (χ1) is 8.49. The highest BCUT2D eigenvalue weighted by Gasteiger charge is 2.33. The first kappa shape index (κ1) is 16.5. The average molecular weight is 315 g/mol. The van der Waals surface area contributed by atoms with Crippen LogP contribution in [0.25, 0.3) is 0 Å². The van der Waals surface area contributed by atoms with Gasteiger partial charge in [0, 0.05) is 0 Å². The Balaban J connectivity index is 3.63. The van der Waals surface area contributed by atoms with Crippen molar-refractivity contribution in [1.29, 1.82) is 0 Å². The van der Waals surface area contributed by atoms with E-state index in [0.717, 1.165) is 0 Å². The van der Waals surface area contributed by atoms with Gasteiger partial charge in [0.05, 0.1) is 0 Å². The summed E-state index contributed by atoms with van der Waals surface area (Å²) in [7, 11) is 4.71. The first-order valence-electron chi connectivity index (χ1n) is 5.54. The van der Waals surface area contributed by atoms with E-state index in [9.17, 15) is 0 Å². The van der Waals surface area contributed by atoms with Gasteiger partial charge in [-0.1, -0.05) is 0 Å². The zero-order valence-electron chi connectivity index (χ0n) is 11.7. The summed E-state index contributed by atoms with van der Waals surface area (Å²) in [5.41, 5.74) is 0. The normalized spacial score (nSPS) is 23.7. The van der Waals surface area contributed by atoms with Crippen molar-refractivity contribution in [2.24, 2.45) is 13.5 Å². The van der Waals surface area contributed by atoms with Crippen LogP contribution in [-0.2, 0) is 0 Å². The van der Waals surface area contributed by atoms with Gasteiger partial charge < -0.3 is 0 Å². The third-order valence-corrected chi connectivity index (χ3v) is 12.6. The molecule has 18 heavy (non-hydrogen) atoms. The molecule has 0 amide bonds. The van der Waals surface area contributed by atoms with Crippen molar-refractivity contribution >= 4 is 22.5 Å². The lowest BCUT2D eigenvalue weighted by Gasteiger charge is -2.34. The number of hydrogen-bond donors (Lipinski definition) is 6. The summed E-state index contributed by atoms with van der Waals surface area (Å²) in [6.07, 6.45) is 0. The minimum absolute atomic E-state index is 1.86. The molecule has 0 aliphatic carbocycles. The average Bonchev–Trinajstić information content (AvgIpc) is 2.46. The molecule has 0 radical (unpaired) electrons. The maximum atomic E-state index is 4.80. The van der Waals surface area contributed by atoms with Crippen LogP contribution in [0.2, 0.25) is 0 Å². The fraction of sp³-hybridized carbons (Fsp3) is 1.00. The molecule has 1 aliphatic heterocycles. The van der Waals surface area contributed by atoms with Gasteiger partial charge in [-0.15, -0.1) is 0 Å². The smallest absolute Gasteiger partial charge is 0.215 e. The minimum atomic E-state index is -2.16. The van der Waals surface area contributed by atoms with Crippen LogP contribution in [0.3, 0.4) is 0 Å². The highest BCUT2D eigenvalue weighted by molar-refractivity contribution is 7.83. The number of nitrogens with zero attached hydrogens (tertiary/aromatic N) is 3. The van der Waals surface area contributed by atoms with Crippen LogP contribution in [0.5, 0.6) is 0 Å². The molecule has 0 bridgehead atoms. The summed E-state index contributed by atoms with van der Waals surface area (Å²) in [6, 6.07) is 0. The molecule has 0 atom stereocenters. The van der Waals surface area contributed by atoms with Crippen molar-refractivity contribution in [2.75, 3.05) is 42.3 Å². The standard InChI is InChI=1S/C6H24N9P3/c1-7-16(8-2)13-17(9-3,10-4)15-18(11-5,12-6)14-16/h7-12H,1-6H3. The Bertz CT molecular complexity index is 348. The molecule has 0 spiro atoms. The third-order valence-electron chi connectivity index (χ3n) is 2.65. The summed E-state index contributed by atoms with van der Waals surface area (Å²) < 4.78 is 14.4. The molecule has 0 aromatic rings. The summed E-state index contributed by atoms with van der Waals surface area (Å²) in [5, 5.41) is 19.3. The predicted molar refractivity (Wildman–Crippen MR) is 82.4 cm³/mol. The fourth-order valence-electron chi connectivity index (χ4n) is 1.49. The molecule has 0 aromatic heterocycles. The van der Waals surface area contributed by atoms with Crippen molar-refractivity contribution in [3.63, 3.8) is 0 Å². The Morgan fingerprint density at radius 2 is 0.611 bits per heavy atom. The molecule has 1 aliphatic rings. The van der Waals surface area contributed by atoms with Crippen LogP contribution in [0.15, 0.2) is 13.5 Å². The van der Waals surface area contributed by atoms with E-state index in [1.807, 2.05) is 42.3 Å². The molecule has 1 heterocycles. The second kappa shape index (κ2) is 6.27. The van der Waals surface area contributed by atoms with Gasteiger partial charge in [-0.05, 0) is 42.3 Å². The van der Waals surface area contributed by atoms with E-state index in [-0.39, 0.29) is 0 Å². The predicted octanol–water partition coefficient (Wildman–Crippen LogP) is 1.16. The molecule has 0 fully saturated rings. The van der Waals surface area contributed by atoms with Crippen LogP contribution in [-0.4, -0.2) is 42.3 Å². The molecule has 0 saturated heterocycles. The fourth-order valence-corrected chi connectivity index (χ4v) is 12.3. The van der Waals surface area contributed by atoms with Gasteiger partial charge in [-0.3, -0.25) is 30.5 Å². The third kappa shape index (κ3) is 2.96. The SMILES string of the molecule is CNP1(NC)=NP(NC)(NC)=NP(NC)(NC)=N1. The second-order valence-electron chi connectivity index (χ2n) is 3.41. The first-order valence-corrected chi connectivity index (χ1v) is 10.6. The largest absolute Gasteiger partial charge is 0.257 e. The molecule has 9 nitrogen and oxygen atoms in total. The lowest BCUT2D eigenvalue weighted by atomic mass is 11.6. The lowest BCUT2D eigenvalue weighted by molar-refractivity contribution is 1.05. The maximum absolute atomic E-state index is 4.80. The molecule has 1 rings (SSSR count). The van der Waals surface area contributed by atoms with Crippen LogP contribution < -0.4 is 30.5 Å². The van der Waals surface area contributed by atoms with E-state index in [1.165, 1.54) is 0 Å². The summed E-state index contributed by atoms with van der Waals surface area (Å²) >= 11 is 0. The van der Waals surface area contributed by atoms with E-state index in [0.29, 0.717) is 0 Å². The second-order valence-corrected chi connectivity index (χ2v) is 11.9. The van der Waals surface area contributed by atoms with Crippen LogP contribution in [0.4, 0.5) is 0 Å². The minimum Gasteiger partial charge on any atom is -0.257 e. The molecule has 0 saturated carbocycles. The molecule has 6 N–H and O–H groups in total. The van der Waals surface area contributed by atoms with Gasteiger partial charge in [-0.25, -0.2) is 0 Å². The highest BCUT2D eigenvalue weighted by atomic mass is 31.3. The van der Waals surface area contributed by atoms with E-state index in [4.69, 9.17) is 13.5 Å². The Labute approximate surface area is 109 Å². The van der Waals surface area contributed by atoms with Crippen molar-refractivity contribution in [1.82, 2.24) is 30.5 Å². The van der Waals surface area contributed by atoms with Gasteiger partial charge in [0.1, 0.15) is 0 Å². The van der Waals surface area contributed by atoms with Gasteiger partial charge >= 0.3 is 0 Å². The topological polar surface area (TPSA) is 109 Å². The number of hydrogen-bond acceptors (Lipinski definition) is 9. The van der Waals surface area contributed by atoms with Crippen molar-refractivity contribution in [2.45, 2.75) is 0 Å². The number of rotatable bonds is 6. The van der Waals surface area contributed by atoms with Crippen molar-refractivity contribution < 1.29 is 0 Å². The van der Waals surface area contributed by atoms with E-state index >= 15 is 0 Å². The Kier molecular flexibility index (Phi) is 5.75. The Morgan fingerprint density at radius 1 is 0.444 bits per heavy atom. The lowest BCUT2D eigenvalue weighted by Crippen LogP contribution is -2.25. The Morgan fingerprint density at radius 3 is 0.722 bits per heavy atom. The Hall–Kier alpha value is 0.450. The molecule has 0 aromatic carbocycles. The van der Waals surface area contributed by atoms with Crippen LogP contribution in [0.1, 0.15) is 0 Å². The zero-order chi connectivity index (χ0) is 13.9. The van der Waals surface area contributed by atoms with Gasteiger partial charge in [0.25, 0.3) is 0 Å². The molecule has 108 valence electrons. The zero-order valence-corrected chi connectivity index (χ0v) is 14.4. The van der Waals surface area contributed by atoms with Gasteiger partial charge in [0.2, 0.25) is 22.5 Å². The molecule has 0 unspecified atom stereocenters. The number of nitrogens with one attached hydrogen (secondary N) is 6. The monoisotopic (exact) mass is 315 g/mol. The molecular formula is C6H24N9P3. The van der Waals surface area contributed by atoms with Crippen LogP contribution >= 0.6 is 22.5 Å².